The Bertz CT molecular complexity index is 1100. The lowest BCUT2D eigenvalue weighted by Gasteiger charge is -2.38. The standard InChI is InChI=1S/C24H19F3N2O/c1-15-6-8-16(9-7-15)20-14-21-19-4-2-3-5-22(19)30-23(29(21)28-20)17-10-12-18(13-11-17)24(25,26)27/h2-13,21,23H,14H2,1H3/t21-,23+/m1/s1. The van der Waals surface area contributed by atoms with Gasteiger partial charge in [-0.05, 0) is 30.7 Å². The van der Waals surface area contributed by atoms with Crippen LogP contribution in [0, 0.1) is 6.92 Å². The van der Waals surface area contributed by atoms with Crippen LogP contribution in [-0.4, -0.2) is 10.7 Å². The molecule has 2 aliphatic heterocycles. The summed E-state index contributed by atoms with van der Waals surface area (Å²) in [7, 11) is 0. The molecule has 3 aromatic carbocycles. The van der Waals surface area contributed by atoms with Crippen molar-refractivity contribution in [2.75, 3.05) is 0 Å². The minimum absolute atomic E-state index is 0.0291. The third-order valence-electron chi connectivity index (χ3n) is 5.61. The maximum atomic E-state index is 13.0. The molecular formula is C24H19F3N2O. The summed E-state index contributed by atoms with van der Waals surface area (Å²) in [4.78, 5) is 0. The number of alkyl halides is 3. The lowest BCUT2D eigenvalue weighted by atomic mass is 9.95. The Hall–Kier alpha value is -3.28. The van der Waals surface area contributed by atoms with E-state index in [4.69, 9.17) is 9.84 Å². The second-order valence-corrected chi connectivity index (χ2v) is 7.64. The number of rotatable bonds is 2. The molecule has 0 bridgehead atoms. The highest BCUT2D eigenvalue weighted by Crippen LogP contribution is 2.47. The Morgan fingerprint density at radius 3 is 2.33 bits per heavy atom. The highest BCUT2D eigenvalue weighted by molar-refractivity contribution is 6.02. The normalized spacial score (nSPS) is 20.3. The van der Waals surface area contributed by atoms with Crippen LogP contribution < -0.4 is 4.74 Å². The number of nitrogens with zero attached hydrogens (tertiary/aromatic N) is 2. The molecule has 5 rings (SSSR count). The fourth-order valence-corrected chi connectivity index (χ4v) is 4.01. The van der Waals surface area contributed by atoms with Gasteiger partial charge in [0.2, 0.25) is 6.23 Å². The first-order chi connectivity index (χ1) is 14.4. The molecule has 0 aromatic heterocycles. The topological polar surface area (TPSA) is 24.8 Å². The van der Waals surface area contributed by atoms with Crippen molar-refractivity contribution in [3.05, 3.63) is 101 Å². The molecule has 2 heterocycles. The van der Waals surface area contributed by atoms with Gasteiger partial charge in [0.15, 0.2) is 0 Å². The second-order valence-electron chi connectivity index (χ2n) is 7.64. The van der Waals surface area contributed by atoms with Crippen molar-refractivity contribution in [3.8, 4) is 5.75 Å². The van der Waals surface area contributed by atoms with Crippen LogP contribution in [0.3, 0.4) is 0 Å². The Kier molecular flexibility index (Phi) is 4.31. The van der Waals surface area contributed by atoms with E-state index < -0.39 is 18.0 Å². The molecule has 3 nitrogen and oxygen atoms in total. The SMILES string of the molecule is Cc1ccc(C2=NN3[C@H](C2)c2ccccc2O[C@H]3c2ccc(C(F)(F)F)cc2)cc1. The molecule has 2 atom stereocenters. The molecule has 6 heteroatoms. The van der Waals surface area contributed by atoms with Crippen LogP contribution in [0.5, 0.6) is 5.75 Å². The molecule has 0 N–H and O–H groups in total. The van der Waals surface area contributed by atoms with Crippen LogP contribution >= 0.6 is 0 Å². The zero-order valence-corrected chi connectivity index (χ0v) is 16.2. The van der Waals surface area contributed by atoms with E-state index in [-0.39, 0.29) is 6.04 Å². The van der Waals surface area contributed by atoms with Crippen LogP contribution in [0.4, 0.5) is 13.2 Å². The van der Waals surface area contributed by atoms with Crippen LogP contribution in [0.15, 0.2) is 77.9 Å². The van der Waals surface area contributed by atoms with Gasteiger partial charge in [0, 0.05) is 17.5 Å². The summed E-state index contributed by atoms with van der Waals surface area (Å²) in [5.74, 6) is 0.740. The van der Waals surface area contributed by atoms with Crippen LogP contribution in [-0.2, 0) is 6.18 Å². The Morgan fingerprint density at radius 1 is 0.933 bits per heavy atom. The van der Waals surface area contributed by atoms with Crippen molar-refractivity contribution in [1.29, 1.82) is 0 Å². The second kappa shape index (κ2) is 6.90. The predicted octanol–water partition coefficient (Wildman–Crippen LogP) is 6.26. The molecule has 0 radical (unpaired) electrons. The average molecular weight is 408 g/mol. The minimum atomic E-state index is -4.37. The zero-order chi connectivity index (χ0) is 20.9. The van der Waals surface area contributed by atoms with Gasteiger partial charge in [0.25, 0.3) is 0 Å². The van der Waals surface area contributed by atoms with Crippen LogP contribution in [0.1, 0.15) is 46.5 Å². The predicted molar refractivity (Wildman–Crippen MR) is 108 cm³/mol. The van der Waals surface area contributed by atoms with Gasteiger partial charge < -0.3 is 4.74 Å². The Balaban J connectivity index is 1.55. The van der Waals surface area contributed by atoms with Gasteiger partial charge in [0.05, 0.1) is 17.3 Å². The van der Waals surface area contributed by atoms with Crippen molar-refractivity contribution >= 4 is 5.71 Å². The van der Waals surface area contributed by atoms with Gasteiger partial charge in [0.1, 0.15) is 5.75 Å². The van der Waals surface area contributed by atoms with Gasteiger partial charge in [-0.1, -0.05) is 60.2 Å². The lowest BCUT2D eigenvalue weighted by Crippen LogP contribution is -2.33. The van der Waals surface area contributed by atoms with E-state index in [1.807, 2.05) is 60.5 Å². The summed E-state index contributed by atoms with van der Waals surface area (Å²) < 4.78 is 45.1. The molecule has 30 heavy (non-hydrogen) atoms. The molecule has 0 unspecified atom stereocenters. The van der Waals surface area contributed by atoms with E-state index in [9.17, 15) is 13.2 Å². The monoisotopic (exact) mass is 408 g/mol. The molecule has 0 aliphatic carbocycles. The van der Waals surface area contributed by atoms with Gasteiger partial charge >= 0.3 is 6.18 Å². The summed E-state index contributed by atoms with van der Waals surface area (Å²) in [6.07, 6.45) is -4.25. The summed E-state index contributed by atoms with van der Waals surface area (Å²) in [5.41, 5.74) is 4.15. The van der Waals surface area contributed by atoms with Crippen molar-refractivity contribution in [2.24, 2.45) is 5.10 Å². The third kappa shape index (κ3) is 3.22. The van der Waals surface area contributed by atoms with Crippen molar-refractivity contribution < 1.29 is 17.9 Å². The van der Waals surface area contributed by atoms with Crippen LogP contribution in [0.25, 0.3) is 0 Å². The number of hydrogen-bond acceptors (Lipinski definition) is 3. The highest BCUT2D eigenvalue weighted by Gasteiger charge is 2.41. The number of aryl methyl sites for hydroxylation is 1. The summed E-state index contributed by atoms with van der Waals surface area (Å²) >= 11 is 0. The van der Waals surface area contributed by atoms with Crippen molar-refractivity contribution in [2.45, 2.75) is 31.8 Å². The quantitative estimate of drug-likeness (QED) is 0.500. The molecule has 152 valence electrons. The maximum absolute atomic E-state index is 13.0. The van der Waals surface area contributed by atoms with E-state index >= 15 is 0 Å². The smallest absolute Gasteiger partial charge is 0.416 e. The van der Waals surface area contributed by atoms with Crippen molar-refractivity contribution in [1.82, 2.24) is 5.01 Å². The summed E-state index contributed by atoms with van der Waals surface area (Å²) in [6.45, 7) is 2.04. The molecule has 0 fully saturated rings. The van der Waals surface area contributed by atoms with E-state index in [1.54, 1.807) is 0 Å². The van der Waals surface area contributed by atoms with E-state index in [0.717, 1.165) is 34.7 Å². The molecule has 2 aliphatic rings. The van der Waals surface area contributed by atoms with Gasteiger partial charge in [-0.25, -0.2) is 5.01 Å². The lowest BCUT2D eigenvalue weighted by molar-refractivity contribution is -0.137. The average Bonchev–Trinajstić information content (AvgIpc) is 3.19. The third-order valence-corrected chi connectivity index (χ3v) is 5.61. The summed E-state index contributed by atoms with van der Waals surface area (Å²) in [6, 6.07) is 21.1. The molecule has 0 amide bonds. The molecule has 0 saturated carbocycles. The van der Waals surface area contributed by atoms with Gasteiger partial charge in [-0.3, -0.25) is 0 Å². The van der Waals surface area contributed by atoms with E-state index in [0.29, 0.717) is 12.0 Å². The number of benzene rings is 3. The molecule has 0 spiro atoms. The number of hydrazone groups is 1. The largest absolute Gasteiger partial charge is 0.464 e. The molecule has 0 saturated heterocycles. The Morgan fingerprint density at radius 2 is 1.63 bits per heavy atom. The Labute approximate surface area is 172 Å². The molecular weight excluding hydrogens is 389 g/mol. The number of fused-ring (bicyclic) bond motifs is 3. The van der Waals surface area contributed by atoms with Crippen molar-refractivity contribution in [3.63, 3.8) is 0 Å². The first-order valence-electron chi connectivity index (χ1n) is 9.76. The van der Waals surface area contributed by atoms with E-state index in [1.165, 1.54) is 17.7 Å². The van der Waals surface area contributed by atoms with E-state index in [2.05, 4.69) is 0 Å². The molecule has 3 aromatic rings. The minimum Gasteiger partial charge on any atom is -0.464 e. The van der Waals surface area contributed by atoms with Crippen LogP contribution in [0.2, 0.25) is 0 Å². The number of para-hydroxylation sites is 1. The summed E-state index contributed by atoms with van der Waals surface area (Å²) in [5, 5.41) is 6.72. The first kappa shape index (κ1) is 18.7. The number of halogens is 3. The zero-order valence-electron chi connectivity index (χ0n) is 16.2. The highest BCUT2D eigenvalue weighted by atomic mass is 19.4. The van der Waals surface area contributed by atoms with Gasteiger partial charge in [-0.15, -0.1) is 0 Å². The van der Waals surface area contributed by atoms with Gasteiger partial charge in [-0.2, -0.15) is 18.3 Å². The maximum Gasteiger partial charge on any atom is 0.416 e. The fourth-order valence-electron chi connectivity index (χ4n) is 4.01. The first-order valence-corrected chi connectivity index (χ1v) is 9.76. The number of hydrogen-bond donors (Lipinski definition) is 0. The number of ether oxygens (including phenoxy) is 1. The fraction of sp³-hybridized carbons (Fsp3) is 0.208.